The third kappa shape index (κ3) is 13.1. The average Bonchev–Trinajstić information content (AvgIpc) is 2.87. The summed E-state index contributed by atoms with van der Waals surface area (Å²) in [5, 5.41) is 4.04. The van der Waals surface area contributed by atoms with Crippen LogP contribution in [-0.2, 0) is 0 Å². The van der Waals surface area contributed by atoms with E-state index in [1.807, 2.05) is 0 Å². The van der Waals surface area contributed by atoms with Crippen LogP contribution in [0, 0.1) is 17.3 Å². The Kier molecular flexibility index (Phi) is 17.8. The van der Waals surface area contributed by atoms with Crippen molar-refractivity contribution in [1.82, 2.24) is 10.2 Å². The number of likely N-dealkylation sites (tertiary alicyclic amines) is 1. The second-order valence-corrected chi connectivity index (χ2v) is 13.2. The fourth-order valence-electron chi connectivity index (χ4n) is 7.29. The minimum absolute atomic E-state index is 0.739. The number of rotatable bonds is 23. The molecule has 36 heavy (non-hydrogen) atoms. The molecule has 0 bridgehead atoms. The molecule has 2 aliphatic rings. The van der Waals surface area contributed by atoms with Crippen molar-refractivity contribution in [2.24, 2.45) is 17.3 Å². The molecule has 1 atom stereocenters. The summed E-state index contributed by atoms with van der Waals surface area (Å²) in [5.41, 5.74) is 0.739. The van der Waals surface area contributed by atoms with E-state index in [0.29, 0.717) is 0 Å². The van der Waals surface area contributed by atoms with Gasteiger partial charge in [0.2, 0.25) is 0 Å². The zero-order valence-corrected chi connectivity index (χ0v) is 25.6. The minimum Gasteiger partial charge on any atom is -0.314 e. The zero-order chi connectivity index (χ0) is 25.9. The first-order valence-electron chi connectivity index (χ1n) is 17.1. The van der Waals surface area contributed by atoms with Crippen molar-refractivity contribution >= 4 is 0 Å². The van der Waals surface area contributed by atoms with E-state index < -0.39 is 0 Å². The Morgan fingerprint density at radius 1 is 0.694 bits per heavy atom. The molecule has 0 amide bonds. The van der Waals surface area contributed by atoms with Crippen molar-refractivity contribution in [2.45, 2.75) is 175 Å². The summed E-state index contributed by atoms with van der Waals surface area (Å²) in [6, 6.07) is 0.786. The van der Waals surface area contributed by atoms with Crippen LogP contribution in [0.4, 0.5) is 0 Å². The molecule has 214 valence electrons. The van der Waals surface area contributed by atoms with Crippen LogP contribution in [-0.4, -0.2) is 37.1 Å². The van der Waals surface area contributed by atoms with Gasteiger partial charge in [-0.3, -0.25) is 0 Å². The highest BCUT2D eigenvalue weighted by Gasteiger charge is 2.45. The van der Waals surface area contributed by atoms with Crippen molar-refractivity contribution in [3.63, 3.8) is 0 Å². The van der Waals surface area contributed by atoms with Gasteiger partial charge in [-0.2, -0.15) is 0 Å². The number of nitrogens with zero attached hydrogens (tertiary/aromatic N) is 1. The SMILES string of the molecule is CCCCCCCC(CCCCCCC)NCCC1CC2(CCN(CC(CC)CCCCC)CC2)C1. The largest absolute Gasteiger partial charge is 0.314 e. The van der Waals surface area contributed by atoms with Crippen LogP contribution in [0.15, 0.2) is 0 Å². The lowest BCUT2D eigenvalue weighted by Crippen LogP contribution is -2.48. The maximum atomic E-state index is 4.04. The Bertz CT molecular complexity index is 473. The van der Waals surface area contributed by atoms with E-state index in [9.17, 15) is 0 Å². The van der Waals surface area contributed by atoms with E-state index in [2.05, 4.69) is 37.9 Å². The number of nitrogens with one attached hydrogen (secondary N) is 1. The molecule has 2 nitrogen and oxygen atoms in total. The van der Waals surface area contributed by atoms with Crippen LogP contribution in [0.1, 0.15) is 169 Å². The molecule has 2 rings (SSSR count). The molecule has 2 heteroatoms. The maximum Gasteiger partial charge on any atom is 0.00670 e. The Balaban J connectivity index is 1.60. The zero-order valence-electron chi connectivity index (χ0n) is 25.6. The lowest BCUT2D eigenvalue weighted by Gasteiger charge is -2.53. The highest BCUT2D eigenvalue weighted by molar-refractivity contribution is 4.97. The normalized spacial score (nSPS) is 19.2. The fraction of sp³-hybridized carbons (Fsp3) is 1.00. The summed E-state index contributed by atoms with van der Waals surface area (Å²) in [6.07, 6.45) is 31.6. The predicted octanol–water partition coefficient (Wildman–Crippen LogP) is 10.2. The van der Waals surface area contributed by atoms with E-state index in [1.165, 1.54) is 167 Å². The van der Waals surface area contributed by atoms with Gasteiger partial charge in [-0.05, 0) is 88.3 Å². The van der Waals surface area contributed by atoms with E-state index >= 15 is 0 Å². The van der Waals surface area contributed by atoms with Crippen molar-refractivity contribution in [3.8, 4) is 0 Å². The number of hydrogen-bond acceptors (Lipinski definition) is 2. The van der Waals surface area contributed by atoms with Crippen LogP contribution in [0.3, 0.4) is 0 Å². The molecule has 1 aliphatic carbocycles. The third-order valence-electron chi connectivity index (χ3n) is 9.97. The van der Waals surface area contributed by atoms with Gasteiger partial charge in [0.05, 0.1) is 0 Å². The van der Waals surface area contributed by atoms with Gasteiger partial charge < -0.3 is 10.2 Å². The molecule has 1 aliphatic heterocycles. The standard InChI is InChI=1S/C34H68N2/c1-5-9-12-14-17-20-33(21-18-15-13-10-6-2)35-25-22-32-28-34(29-32)23-26-36(27-24-34)30-31(8-4)19-16-11-7-3/h31-33,35H,5-30H2,1-4H3. The molecular weight excluding hydrogens is 436 g/mol. The number of unbranched alkanes of at least 4 members (excludes halogenated alkanes) is 10. The molecule has 1 saturated carbocycles. The van der Waals surface area contributed by atoms with Gasteiger partial charge in [-0.1, -0.05) is 118 Å². The lowest BCUT2D eigenvalue weighted by atomic mass is 9.57. The topological polar surface area (TPSA) is 15.3 Å². The van der Waals surface area contributed by atoms with E-state index in [-0.39, 0.29) is 0 Å². The second-order valence-electron chi connectivity index (χ2n) is 13.2. The molecule has 1 unspecified atom stereocenters. The van der Waals surface area contributed by atoms with Gasteiger partial charge in [0.1, 0.15) is 0 Å². The molecule has 2 fully saturated rings. The van der Waals surface area contributed by atoms with Crippen molar-refractivity contribution < 1.29 is 0 Å². The molecule has 0 aromatic carbocycles. The summed E-state index contributed by atoms with van der Waals surface area (Å²) in [7, 11) is 0. The van der Waals surface area contributed by atoms with Crippen LogP contribution in [0.5, 0.6) is 0 Å². The molecule has 1 N–H and O–H groups in total. The first-order chi connectivity index (χ1) is 17.6. The average molecular weight is 505 g/mol. The van der Waals surface area contributed by atoms with Gasteiger partial charge in [-0.15, -0.1) is 0 Å². The molecule has 0 aromatic heterocycles. The quantitative estimate of drug-likeness (QED) is 0.139. The molecular formula is C34H68N2. The molecule has 1 heterocycles. The Morgan fingerprint density at radius 2 is 1.22 bits per heavy atom. The van der Waals surface area contributed by atoms with Gasteiger partial charge >= 0.3 is 0 Å². The van der Waals surface area contributed by atoms with E-state index in [1.54, 1.807) is 0 Å². The number of piperidine rings is 1. The van der Waals surface area contributed by atoms with Crippen molar-refractivity contribution in [3.05, 3.63) is 0 Å². The van der Waals surface area contributed by atoms with Crippen molar-refractivity contribution in [2.75, 3.05) is 26.2 Å². The highest BCUT2D eigenvalue weighted by atomic mass is 15.1. The van der Waals surface area contributed by atoms with Crippen LogP contribution in [0.2, 0.25) is 0 Å². The maximum absolute atomic E-state index is 4.04. The fourth-order valence-corrected chi connectivity index (χ4v) is 7.29. The predicted molar refractivity (Wildman–Crippen MR) is 162 cm³/mol. The lowest BCUT2D eigenvalue weighted by molar-refractivity contribution is -0.0197. The van der Waals surface area contributed by atoms with Gasteiger partial charge in [-0.25, -0.2) is 0 Å². The summed E-state index contributed by atoms with van der Waals surface area (Å²) < 4.78 is 0. The molecule has 1 saturated heterocycles. The van der Waals surface area contributed by atoms with Gasteiger partial charge in [0.15, 0.2) is 0 Å². The summed E-state index contributed by atoms with van der Waals surface area (Å²) in [4.78, 5) is 2.83. The van der Waals surface area contributed by atoms with Gasteiger partial charge in [0, 0.05) is 12.6 Å². The second kappa shape index (κ2) is 19.9. The monoisotopic (exact) mass is 505 g/mol. The van der Waals surface area contributed by atoms with Crippen LogP contribution < -0.4 is 5.32 Å². The first-order valence-corrected chi connectivity index (χ1v) is 17.1. The molecule has 0 aromatic rings. The summed E-state index contributed by atoms with van der Waals surface area (Å²) in [6.45, 7) is 14.8. The van der Waals surface area contributed by atoms with Crippen LogP contribution in [0.25, 0.3) is 0 Å². The van der Waals surface area contributed by atoms with Crippen LogP contribution >= 0.6 is 0 Å². The Labute approximate surface area is 228 Å². The first kappa shape index (κ1) is 32.1. The summed E-state index contributed by atoms with van der Waals surface area (Å²) >= 11 is 0. The molecule has 1 spiro atoms. The Hall–Kier alpha value is -0.0800. The molecule has 0 radical (unpaired) electrons. The van der Waals surface area contributed by atoms with E-state index in [4.69, 9.17) is 0 Å². The highest BCUT2D eigenvalue weighted by Crippen LogP contribution is 2.53. The minimum atomic E-state index is 0.739. The van der Waals surface area contributed by atoms with Gasteiger partial charge in [0.25, 0.3) is 0 Å². The number of hydrogen-bond donors (Lipinski definition) is 1. The smallest absolute Gasteiger partial charge is 0.00670 e. The van der Waals surface area contributed by atoms with E-state index in [0.717, 1.165) is 23.3 Å². The van der Waals surface area contributed by atoms with Crippen molar-refractivity contribution in [1.29, 1.82) is 0 Å². The summed E-state index contributed by atoms with van der Waals surface area (Å²) in [5.74, 6) is 1.95. The Morgan fingerprint density at radius 3 is 1.78 bits per heavy atom. The third-order valence-corrected chi connectivity index (χ3v) is 9.97.